The second-order valence-electron chi connectivity index (χ2n) is 6.58. The van der Waals surface area contributed by atoms with Crippen molar-refractivity contribution in [3.8, 4) is 0 Å². The molecule has 0 unspecified atom stereocenters. The van der Waals surface area contributed by atoms with Crippen LogP contribution < -0.4 is 4.90 Å². The molecule has 3 aromatic rings. The molecular formula is C19H22N2OS2. The van der Waals surface area contributed by atoms with Gasteiger partial charge >= 0.3 is 0 Å². The third-order valence-corrected chi connectivity index (χ3v) is 5.90. The zero-order chi connectivity index (χ0) is 17.3. The quantitative estimate of drug-likeness (QED) is 0.627. The van der Waals surface area contributed by atoms with Gasteiger partial charge < -0.3 is 0 Å². The van der Waals surface area contributed by atoms with Gasteiger partial charge in [-0.15, -0.1) is 11.3 Å². The number of hydrogen-bond donors (Lipinski definition) is 0. The van der Waals surface area contributed by atoms with Gasteiger partial charge in [0.15, 0.2) is 5.13 Å². The lowest BCUT2D eigenvalue weighted by molar-refractivity contribution is -0.118. The van der Waals surface area contributed by atoms with Crippen molar-refractivity contribution >= 4 is 43.9 Å². The Hall–Kier alpha value is -1.72. The number of aromatic nitrogens is 1. The Morgan fingerprint density at radius 1 is 1.29 bits per heavy atom. The maximum Gasteiger partial charge on any atom is 0.234 e. The summed E-state index contributed by atoms with van der Waals surface area (Å²) in [4.78, 5) is 20.6. The van der Waals surface area contributed by atoms with E-state index in [-0.39, 0.29) is 5.91 Å². The zero-order valence-corrected chi connectivity index (χ0v) is 16.1. The fourth-order valence-electron chi connectivity index (χ4n) is 2.79. The van der Waals surface area contributed by atoms with Gasteiger partial charge in [0.2, 0.25) is 5.91 Å². The molecule has 0 atom stereocenters. The van der Waals surface area contributed by atoms with Crippen molar-refractivity contribution in [2.75, 3.05) is 11.4 Å². The van der Waals surface area contributed by atoms with Gasteiger partial charge in [-0.05, 0) is 48.4 Å². The van der Waals surface area contributed by atoms with E-state index in [9.17, 15) is 4.79 Å². The Bertz CT molecular complexity index is 850. The van der Waals surface area contributed by atoms with Gasteiger partial charge in [-0.25, -0.2) is 4.98 Å². The topological polar surface area (TPSA) is 33.2 Å². The maximum atomic E-state index is 12.9. The van der Waals surface area contributed by atoms with Gasteiger partial charge in [0, 0.05) is 11.4 Å². The Balaban J connectivity index is 1.96. The molecule has 0 aliphatic carbocycles. The summed E-state index contributed by atoms with van der Waals surface area (Å²) in [6.45, 7) is 9.15. The van der Waals surface area contributed by atoms with Crippen molar-refractivity contribution in [2.45, 2.75) is 34.1 Å². The summed E-state index contributed by atoms with van der Waals surface area (Å²) in [5.41, 5.74) is 3.42. The van der Waals surface area contributed by atoms with Crippen LogP contribution in [0.1, 0.15) is 29.9 Å². The highest BCUT2D eigenvalue weighted by atomic mass is 32.1. The van der Waals surface area contributed by atoms with Gasteiger partial charge in [-0.3, -0.25) is 9.69 Å². The minimum Gasteiger partial charge on any atom is -0.288 e. The number of carbonyl (C=O) groups excluding carboxylic acids is 1. The van der Waals surface area contributed by atoms with E-state index in [1.54, 1.807) is 22.7 Å². The van der Waals surface area contributed by atoms with Crippen LogP contribution in [0.25, 0.3) is 10.2 Å². The number of benzene rings is 1. The van der Waals surface area contributed by atoms with Crippen LogP contribution in [0.5, 0.6) is 0 Å². The molecule has 0 N–H and O–H groups in total. The lowest BCUT2D eigenvalue weighted by Crippen LogP contribution is -2.35. The summed E-state index contributed by atoms with van der Waals surface area (Å²) >= 11 is 3.25. The van der Waals surface area contributed by atoms with Crippen molar-refractivity contribution < 1.29 is 4.79 Å². The van der Waals surface area contributed by atoms with Crippen LogP contribution in [0.15, 0.2) is 29.6 Å². The Labute approximate surface area is 151 Å². The van der Waals surface area contributed by atoms with E-state index in [1.165, 1.54) is 15.8 Å². The van der Waals surface area contributed by atoms with E-state index < -0.39 is 0 Å². The number of carbonyl (C=O) groups is 1. The largest absolute Gasteiger partial charge is 0.288 e. The first-order valence-electron chi connectivity index (χ1n) is 8.14. The highest BCUT2D eigenvalue weighted by Crippen LogP contribution is 2.33. The van der Waals surface area contributed by atoms with Gasteiger partial charge in [-0.2, -0.15) is 0 Å². The van der Waals surface area contributed by atoms with Crippen LogP contribution >= 0.6 is 22.7 Å². The highest BCUT2D eigenvalue weighted by molar-refractivity contribution is 7.22. The molecule has 0 bridgehead atoms. The average molecular weight is 359 g/mol. The second kappa shape index (κ2) is 7.03. The number of aryl methyl sites for hydroxylation is 2. The maximum absolute atomic E-state index is 12.9. The van der Waals surface area contributed by atoms with Crippen molar-refractivity contribution in [1.82, 2.24) is 4.98 Å². The minimum absolute atomic E-state index is 0.125. The smallest absolute Gasteiger partial charge is 0.234 e. The van der Waals surface area contributed by atoms with Crippen LogP contribution in [0.2, 0.25) is 0 Å². The van der Waals surface area contributed by atoms with Crippen LogP contribution in [0.3, 0.4) is 0 Å². The molecule has 1 aromatic carbocycles. The molecule has 2 heterocycles. The number of nitrogens with zero attached hydrogens (tertiary/aromatic N) is 2. The van der Waals surface area contributed by atoms with Crippen LogP contribution in [0, 0.1) is 19.8 Å². The predicted molar refractivity (Wildman–Crippen MR) is 104 cm³/mol. The minimum atomic E-state index is 0.125. The number of thiophene rings is 1. The van der Waals surface area contributed by atoms with E-state index in [0.717, 1.165) is 15.5 Å². The molecule has 0 aliphatic heterocycles. The van der Waals surface area contributed by atoms with Gasteiger partial charge in [0.25, 0.3) is 0 Å². The summed E-state index contributed by atoms with van der Waals surface area (Å²) < 4.78 is 1.17. The average Bonchev–Trinajstić information content (AvgIpc) is 3.13. The standard InChI is InChI=1S/C19H22N2OS2/c1-12(2)11-21(17(22)10-15-6-5-7-23-15)19-20-16-9-13(3)8-14(4)18(16)24-19/h5-9,12H,10-11H2,1-4H3. The van der Waals surface area contributed by atoms with E-state index in [4.69, 9.17) is 4.98 Å². The molecule has 0 fully saturated rings. The molecule has 0 saturated heterocycles. The number of rotatable bonds is 5. The predicted octanol–water partition coefficient (Wildman–Crippen LogP) is 5.21. The number of amides is 1. The van der Waals surface area contributed by atoms with Crippen molar-refractivity contribution in [3.05, 3.63) is 45.6 Å². The summed E-state index contributed by atoms with van der Waals surface area (Å²) in [7, 11) is 0. The normalized spacial score (nSPS) is 11.4. The van der Waals surface area contributed by atoms with Crippen LogP contribution in [-0.4, -0.2) is 17.4 Å². The Morgan fingerprint density at radius 2 is 2.08 bits per heavy atom. The second-order valence-corrected chi connectivity index (χ2v) is 8.59. The SMILES string of the molecule is Cc1cc(C)c2sc(N(CC(C)C)C(=O)Cc3cccs3)nc2c1. The third-order valence-electron chi connectivity index (χ3n) is 3.79. The van der Waals surface area contributed by atoms with Crippen LogP contribution in [0.4, 0.5) is 5.13 Å². The zero-order valence-electron chi connectivity index (χ0n) is 14.5. The molecule has 24 heavy (non-hydrogen) atoms. The van der Waals surface area contributed by atoms with Crippen LogP contribution in [-0.2, 0) is 11.2 Å². The molecule has 2 aromatic heterocycles. The summed E-state index contributed by atoms with van der Waals surface area (Å²) in [6, 6.07) is 8.27. The molecule has 5 heteroatoms. The number of anilines is 1. The third kappa shape index (κ3) is 3.68. The molecular weight excluding hydrogens is 336 g/mol. The molecule has 0 radical (unpaired) electrons. The molecule has 0 spiro atoms. The Kier molecular flexibility index (Phi) is 5.01. The molecule has 0 saturated carbocycles. The van der Waals surface area contributed by atoms with Gasteiger partial charge in [0.1, 0.15) is 0 Å². The number of fused-ring (bicyclic) bond motifs is 1. The molecule has 126 valence electrons. The van der Waals surface area contributed by atoms with E-state index in [2.05, 4.69) is 39.8 Å². The first-order chi connectivity index (χ1) is 11.4. The van der Waals surface area contributed by atoms with Crippen molar-refractivity contribution in [1.29, 1.82) is 0 Å². The number of hydrogen-bond acceptors (Lipinski definition) is 4. The monoisotopic (exact) mass is 358 g/mol. The van der Waals surface area contributed by atoms with Gasteiger partial charge in [0.05, 0.1) is 16.6 Å². The first kappa shape index (κ1) is 17.1. The molecule has 0 aliphatic rings. The molecule has 1 amide bonds. The van der Waals surface area contributed by atoms with E-state index >= 15 is 0 Å². The van der Waals surface area contributed by atoms with Crippen molar-refractivity contribution in [3.63, 3.8) is 0 Å². The summed E-state index contributed by atoms with van der Waals surface area (Å²) in [5, 5.41) is 2.83. The highest BCUT2D eigenvalue weighted by Gasteiger charge is 2.21. The summed E-state index contributed by atoms with van der Waals surface area (Å²) in [5.74, 6) is 0.520. The lowest BCUT2D eigenvalue weighted by atomic mass is 10.1. The molecule has 3 nitrogen and oxygen atoms in total. The Morgan fingerprint density at radius 3 is 2.75 bits per heavy atom. The first-order valence-corrected chi connectivity index (χ1v) is 9.84. The van der Waals surface area contributed by atoms with Gasteiger partial charge in [-0.1, -0.05) is 37.3 Å². The molecule has 3 rings (SSSR count). The lowest BCUT2D eigenvalue weighted by Gasteiger charge is -2.21. The number of thiazole rings is 1. The van der Waals surface area contributed by atoms with E-state index in [1.807, 2.05) is 22.4 Å². The van der Waals surface area contributed by atoms with E-state index in [0.29, 0.717) is 18.9 Å². The van der Waals surface area contributed by atoms with Crippen molar-refractivity contribution in [2.24, 2.45) is 5.92 Å². The summed E-state index contributed by atoms with van der Waals surface area (Å²) in [6.07, 6.45) is 0.443. The fourth-order valence-corrected chi connectivity index (χ4v) is 4.53. The fraction of sp³-hybridized carbons (Fsp3) is 0.368.